The van der Waals surface area contributed by atoms with E-state index in [0.29, 0.717) is 29.7 Å². The van der Waals surface area contributed by atoms with Crippen LogP contribution in [0.2, 0.25) is 23.2 Å². The lowest BCUT2D eigenvalue weighted by Gasteiger charge is -2.36. The molecule has 0 bridgehead atoms. The highest BCUT2D eigenvalue weighted by Gasteiger charge is 2.36. The van der Waals surface area contributed by atoms with Crippen LogP contribution in [-0.2, 0) is 4.43 Å². The smallest absolute Gasteiger partial charge is 0.192 e. The molecule has 0 radical (unpaired) electrons. The topological polar surface area (TPSA) is 44.5 Å². The highest BCUT2D eigenvalue weighted by atomic mass is 35.5. The molecule has 0 aliphatic carbocycles. The van der Waals surface area contributed by atoms with Crippen LogP contribution in [-0.4, -0.2) is 21.5 Å². The summed E-state index contributed by atoms with van der Waals surface area (Å²) >= 11 is 6.21. The zero-order valence-electron chi connectivity index (χ0n) is 15.5. The first kappa shape index (κ1) is 20.1. The Morgan fingerprint density at radius 2 is 1.87 bits per heavy atom. The minimum absolute atomic E-state index is 0.186. The molecule has 0 spiro atoms. The number of benzene rings is 1. The van der Waals surface area contributed by atoms with E-state index >= 15 is 0 Å². The molecule has 0 aliphatic heterocycles. The van der Waals surface area contributed by atoms with Crippen molar-refractivity contribution in [3.05, 3.63) is 28.8 Å². The van der Waals surface area contributed by atoms with Crippen molar-refractivity contribution in [2.45, 2.75) is 52.8 Å². The van der Waals surface area contributed by atoms with E-state index in [1.165, 1.54) is 0 Å². The molecule has 2 N–H and O–H groups in total. The van der Waals surface area contributed by atoms with Crippen molar-refractivity contribution in [1.29, 1.82) is 0 Å². The number of allylic oxidation sites excluding steroid dienone is 1. The molecule has 0 amide bonds. The summed E-state index contributed by atoms with van der Waals surface area (Å²) in [6, 6.07) is 1.86. The van der Waals surface area contributed by atoms with Gasteiger partial charge in [0.15, 0.2) is 8.32 Å². The van der Waals surface area contributed by atoms with Gasteiger partial charge < -0.3 is 14.9 Å². The van der Waals surface area contributed by atoms with Gasteiger partial charge in [0.2, 0.25) is 0 Å². The predicted octanol–water partition coefficient (Wildman–Crippen LogP) is 5.66. The molecule has 1 aromatic rings. The second kappa shape index (κ2) is 7.28. The summed E-state index contributed by atoms with van der Waals surface area (Å²) in [7, 11) is -1.76. The standard InChI is InChI=1S/C18H30ClNO2Si/c1-12(2)14-11-15(19)13(3)16(20)17(14)21-9-10-22-23(7,8)18(4,5)6/h11H,1,9-10,20H2,2-8H3. The number of rotatable bonds is 6. The molecule has 1 rings (SSSR count). The first-order valence-corrected chi connectivity index (χ1v) is 11.2. The van der Waals surface area contributed by atoms with Crippen molar-refractivity contribution in [3.8, 4) is 5.75 Å². The molecule has 0 fully saturated rings. The Morgan fingerprint density at radius 1 is 1.30 bits per heavy atom. The van der Waals surface area contributed by atoms with Crippen LogP contribution in [0, 0.1) is 6.92 Å². The van der Waals surface area contributed by atoms with Crippen LogP contribution < -0.4 is 10.5 Å². The zero-order valence-corrected chi connectivity index (χ0v) is 17.2. The van der Waals surface area contributed by atoms with Crippen molar-refractivity contribution in [2.24, 2.45) is 0 Å². The van der Waals surface area contributed by atoms with Crippen LogP contribution in [0.4, 0.5) is 5.69 Å². The van der Waals surface area contributed by atoms with Crippen LogP contribution in [0.5, 0.6) is 5.75 Å². The Bertz CT molecular complexity index is 592. The van der Waals surface area contributed by atoms with E-state index in [0.717, 1.165) is 16.7 Å². The number of nitrogen functional groups attached to an aromatic ring is 1. The molecular weight excluding hydrogens is 326 g/mol. The molecule has 0 heterocycles. The molecule has 0 aromatic heterocycles. The molecule has 0 atom stereocenters. The normalized spacial score (nSPS) is 12.3. The monoisotopic (exact) mass is 355 g/mol. The second-order valence-corrected chi connectivity index (χ2v) is 12.7. The number of anilines is 1. The summed E-state index contributed by atoms with van der Waals surface area (Å²) < 4.78 is 12.1. The maximum atomic E-state index is 6.21. The highest BCUT2D eigenvalue weighted by Crippen LogP contribution is 2.38. The predicted molar refractivity (Wildman–Crippen MR) is 104 cm³/mol. The van der Waals surface area contributed by atoms with E-state index in [-0.39, 0.29) is 5.04 Å². The zero-order chi connectivity index (χ0) is 18.0. The Morgan fingerprint density at radius 3 is 2.35 bits per heavy atom. The molecule has 0 saturated carbocycles. The third kappa shape index (κ3) is 4.75. The van der Waals surface area contributed by atoms with Crippen molar-refractivity contribution >= 4 is 31.2 Å². The Balaban J connectivity index is 2.83. The van der Waals surface area contributed by atoms with Gasteiger partial charge in [0, 0.05) is 10.6 Å². The van der Waals surface area contributed by atoms with Crippen molar-refractivity contribution < 1.29 is 9.16 Å². The van der Waals surface area contributed by atoms with Gasteiger partial charge in [-0.1, -0.05) is 39.0 Å². The lowest BCUT2D eigenvalue weighted by molar-refractivity contribution is 0.204. The largest absolute Gasteiger partial charge is 0.488 e. The SMILES string of the molecule is C=C(C)c1cc(Cl)c(C)c(N)c1OCCO[Si](C)(C)C(C)(C)C. The average Bonchev–Trinajstić information content (AvgIpc) is 2.41. The van der Waals surface area contributed by atoms with E-state index in [2.05, 4.69) is 40.4 Å². The van der Waals surface area contributed by atoms with Crippen LogP contribution in [0.15, 0.2) is 12.6 Å². The Hall–Kier alpha value is -0.973. The molecular formula is C18H30ClNO2Si. The minimum atomic E-state index is -1.76. The number of hydrogen-bond acceptors (Lipinski definition) is 3. The summed E-state index contributed by atoms with van der Waals surface area (Å²) in [6.07, 6.45) is 0. The van der Waals surface area contributed by atoms with Crippen molar-refractivity contribution in [3.63, 3.8) is 0 Å². The lowest BCUT2D eigenvalue weighted by Crippen LogP contribution is -2.41. The van der Waals surface area contributed by atoms with E-state index in [1.807, 2.05) is 19.9 Å². The molecule has 5 heteroatoms. The summed E-state index contributed by atoms with van der Waals surface area (Å²) in [4.78, 5) is 0. The fourth-order valence-electron chi connectivity index (χ4n) is 1.87. The van der Waals surface area contributed by atoms with Gasteiger partial charge in [-0.25, -0.2) is 0 Å². The number of hydrogen-bond donors (Lipinski definition) is 1. The van der Waals surface area contributed by atoms with Gasteiger partial charge in [0.1, 0.15) is 12.4 Å². The third-order valence-electron chi connectivity index (χ3n) is 4.58. The fraction of sp³-hybridized carbons (Fsp3) is 0.556. The van der Waals surface area contributed by atoms with Gasteiger partial charge in [-0.2, -0.15) is 0 Å². The fourth-order valence-corrected chi connectivity index (χ4v) is 3.11. The molecule has 3 nitrogen and oxygen atoms in total. The summed E-state index contributed by atoms with van der Waals surface area (Å²) in [5.41, 5.74) is 9.31. The van der Waals surface area contributed by atoms with E-state index in [1.54, 1.807) is 0 Å². The van der Waals surface area contributed by atoms with Gasteiger partial charge in [-0.05, 0) is 49.2 Å². The summed E-state index contributed by atoms with van der Waals surface area (Å²) in [5, 5.41) is 0.816. The third-order valence-corrected chi connectivity index (χ3v) is 9.51. The second-order valence-electron chi connectivity index (χ2n) is 7.51. The summed E-state index contributed by atoms with van der Waals surface area (Å²) in [6.45, 7) is 19.9. The maximum absolute atomic E-state index is 6.21. The molecule has 0 aliphatic rings. The number of ether oxygens (including phenoxy) is 1. The number of nitrogens with two attached hydrogens (primary N) is 1. The Labute approximate surface area is 146 Å². The molecule has 0 unspecified atom stereocenters. The highest BCUT2D eigenvalue weighted by molar-refractivity contribution is 6.74. The van der Waals surface area contributed by atoms with Crippen LogP contribution >= 0.6 is 11.6 Å². The van der Waals surface area contributed by atoms with Gasteiger partial charge in [0.25, 0.3) is 0 Å². The molecule has 0 saturated heterocycles. The molecule has 130 valence electrons. The van der Waals surface area contributed by atoms with Gasteiger partial charge in [0.05, 0.1) is 12.3 Å². The van der Waals surface area contributed by atoms with Gasteiger partial charge in [-0.15, -0.1) is 0 Å². The maximum Gasteiger partial charge on any atom is 0.192 e. The minimum Gasteiger partial charge on any atom is -0.488 e. The van der Waals surface area contributed by atoms with Crippen LogP contribution in [0.1, 0.15) is 38.8 Å². The van der Waals surface area contributed by atoms with Crippen molar-refractivity contribution in [1.82, 2.24) is 0 Å². The first-order chi connectivity index (χ1) is 10.4. The molecule has 23 heavy (non-hydrogen) atoms. The Kier molecular flexibility index (Phi) is 6.36. The average molecular weight is 356 g/mol. The van der Waals surface area contributed by atoms with Crippen LogP contribution in [0.25, 0.3) is 5.57 Å². The van der Waals surface area contributed by atoms with E-state index in [4.69, 9.17) is 26.5 Å². The van der Waals surface area contributed by atoms with E-state index in [9.17, 15) is 0 Å². The first-order valence-electron chi connectivity index (χ1n) is 7.89. The van der Waals surface area contributed by atoms with E-state index < -0.39 is 8.32 Å². The quantitative estimate of drug-likeness (QED) is 0.406. The van der Waals surface area contributed by atoms with Crippen molar-refractivity contribution in [2.75, 3.05) is 18.9 Å². The summed E-state index contributed by atoms with van der Waals surface area (Å²) in [5.74, 6) is 0.651. The van der Waals surface area contributed by atoms with Gasteiger partial charge in [-0.3, -0.25) is 0 Å². The van der Waals surface area contributed by atoms with Crippen LogP contribution in [0.3, 0.4) is 0 Å². The number of halogens is 1. The molecule has 1 aromatic carbocycles. The lowest BCUT2D eigenvalue weighted by atomic mass is 10.0. The van der Waals surface area contributed by atoms with Gasteiger partial charge >= 0.3 is 0 Å².